The number of carbonyl (C=O) groups is 2. The molecule has 2 amide bonds. The van der Waals surface area contributed by atoms with Crippen molar-refractivity contribution >= 4 is 39.1 Å². The standard InChI is InChI=1S/C30H35ClFN3O4S/c1-5-22(4)33-30(37)27(6-2)34(19-23-12-15-25(32)16-13-23)29(36)20-35(28-17-14-24(31)18-21(28)3)40(38,39)26-10-8-7-9-11-26/h7-18,22,27H,5-6,19-20H2,1-4H3,(H,33,37)/t22-,27-/m1/s1. The van der Waals surface area contributed by atoms with E-state index < -0.39 is 34.3 Å². The maximum atomic E-state index is 14.1. The Morgan fingerprint density at radius 2 is 1.62 bits per heavy atom. The van der Waals surface area contributed by atoms with Crippen LogP contribution in [0.5, 0.6) is 0 Å². The van der Waals surface area contributed by atoms with E-state index in [9.17, 15) is 22.4 Å². The van der Waals surface area contributed by atoms with E-state index in [1.54, 1.807) is 50.2 Å². The fourth-order valence-electron chi connectivity index (χ4n) is 4.28. The first-order valence-corrected chi connectivity index (χ1v) is 15.0. The molecule has 3 aromatic carbocycles. The number of sulfonamides is 1. The van der Waals surface area contributed by atoms with Crippen LogP contribution in [0.1, 0.15) is 44.7 Å². The quantitative estimate of drug-likeness (QED) is 0.294. The second-order valence-corrected chi connectivity index (χ2v) is 11.9. The van der Waals surface area contributed by atoms with Crippen LogP contribution in [0, 0.1) is 12.7 Å². The second-order valence-electron chi connectivity index (χ2n) is 9.65. The Labute approximate surface area is 241 Å². The molecule has 10 heteroatoms. The highest BCUT2D eigenvalue weighted by Gasteiger charge is 2.34. The van der Waals surface area contributed by atoms with Gasteiger partial charge in [-0.2, -0.15) is 0 Å². The lowest BCUT2D eigenvalue weighted by molar-refractivity contribution is -0.140. The van der Waals surface area contributed by atoms with E-state index in [0.717, 1.165) is 4.31 Å². The minimum absolute atomic E-state index is 0.00955. The third-order valence-electron chi connectivity index (χ3n) is 6.69. The van der Waals surface area contributed by atoms with Crippen LogP contribution in [-0.2, 0) is 26.2 Å². The summed E-state index contributed by atoms with van der Waals surface area (Å²) in [6.07, 6.45) is 0.994. The van der Waals surface area contributed by atoms with Gasteiger partial charge in [0.15, 0.2) is 0 Å². The number of aryl methyl sites for hydroxylation is 1. The molecule has 3 aromatic rings. The first kappa shape index (κ1) is 31.1. The number of anilines is 1. The smallest absolute Gasteiger partial charge is 0.264 e. The molecular weight excluding hydrogens is 553 g/mol. The molecule has 3 rings (SSSR count). The van der Waals surface area contributed by atoms with Gasteiger partial charge in [-0.25, -0.2) is 12.8 Å². The zero-order valence-electron chi connectivity index (χ0n) is 23.1. The summed E-state index contributed by atoms with van der Waals surface area (Å²) in [6, 6.07) is 17.2. The number of rotatable bonds is 12. The van der Waals surface area contributed by atoms with Crippen molar-refractivity contribution in [2.45, 2.75) is 64.1 Å². The summed E-state index contributed by atoms with van der Waals surface area (Å²) in [6.45, 7) is 6.73. The number of nitrogens with zero attached hydrogens (tertiary/aromatic N) is 2. The van der Waals surface area contributed by atoms with Crippen LogP contribution < -0.4 is 9.62 Å². The Balaban J connectivity index is 2.07. The molecule has 0 saturated heterocycles. The largest absolute Gasteiger partial charge is 0.352 e. The lowest BCUT2D eigenvalue weighted by atomic mass is 10.1. The van der Waals surface area contributed by atoms with Crippen LogP contribution in [0.3, 0.4) is 0 Å². The predicted molar refractivity (Wildman–Crippen MR) is 156 cm³/mol. The molecule has 0 heterocycles. The van der Waals surface area contributed by atoms with Crippen molar-refractivity contribution < 1.29 is 22.4 Å². The van der Waals surface area contributed by atoms with Crippen molar-refractivity contribution in [3.8, 4) is 0 Å². The number of benzene rings is 3. The first-order valence-electron chi connectivity index (χ1n) is 13.2. The van der Waals surface area contributed by atoms with Crippen molar-refractivity contribution in [3.63, 3.8) is 0 Å². The summed E-state index contributed by atoms with van der Waals surface area (Å²) < 4.78 is 42.4. The molecule has 0 aliphatic heterocycles. The lowest BCUT2D eigenvalue weighted by Gasteiger charge is -2.34. The van der Waals surface area contributed by atoms with E-state index in [1.165, 1.54) is 41.3 Å². The molecular formula is C30H35ClFN3O4S. The Hall–Kier alpha value is -3.43. The van der Waals surface area contributed by atoms with Gasteiger partial charge < -0.3 is 10.2 Å². The maximum Gasteiger partial charge on any atom is 0.264 e. The molecule has 0 bridgehead atoms. The molecule has 2 atom stereocenters. The van der Waals surface area contributed by atoms with Crippen LogP contribution in [0.2, 0.25) is 5.02 Å². The van der Waals surface area contributed by atoms with E-state index in [2.05, 4.69) is 5.32 Å². The molecule has 0 unspecified atom stereocenters. The molecule has 0 aliphatic rings. The summed E-state index contributed by atoms with van der Waals surface area (Å²) >= 11 is 6.14. The molecule has 0 fully saturated rings. The van der Waals surface area contributed by atoms with E-state index in [1.807, 2.05) is 13.8 Å². The lowest BCUT2D eigenvalue weighted by Crippen LogP contribution is -2.53. The molecule has 1 N–H and O–H groups in total. The van der Waals surface area contributed by atoms with Crippen molar-refractivity contribution in [2.24, 2.45) is 0 Å². The molecule has 214 valence electrons. The Bertz CT molecular complexity index is 1420. The summed E-state index contributed by atoms with van der Waals surface area (Å²) in [4.78, 5) is 28.7. The van der Waals surface area contributed by atoms with Gasteiger partial charge in [0.2, 0.25) is 11.8 Å². The number of hydrogen-bond donors (Lipinski definition) is 1. The maximum absolute atomic E-state index is 14.1. The molecule has 0 spiro atoms. The second kappa shape index (κ2) is 13.8. The van der Waals surface area contributed by atoms with Crippen LogP contribution in [0.25, 0.3) is 0 Å². The Kier molecular flexibility index (Phi) is 10.7. The highest BCUT2D eigenvalue weighted by molar-refractivity contribution is 7.92. The minimum Gasteiger partial charge on any atom is -0.352 e. The fourth-order valence-corrected chi connectivity index (χ4v) is 6.01. The number of amides is 2. The van der Waals surface area contributed by atoms with E-state index in [4.69, 9.17) is 11.6 Å². The first-order chi connectivity index (χ1) is 19.0. The van der Waals surface area contributed by atoms with Crippen molar-refractivity contribution in [2.75, 3.05) is 10.8 Å². The molecule has 0 saturated carbocycles. The predicted octanol–water partition coefficient (Wildman–Crippen LogP) is 5.70. The van der Waals surface area contributed by atoms with Crippen molar-refractivity contribution in [1.29, 1.82) is 0 Å². The molecule has 0 aliphatic carbocycles. The molecule has 0 radical (unpaired) electrons. The third kappa shape index (κ3) is 7.61. The molecule has 7 nitrogen and oxygen atoms in total. The summed E-state index contributed by atoms with van der Waals surface area (Å²) in [5, 5.41) is 3.35. The average molecular weight is 588 g/mol. The van der Waals surface area contributed by atoms with Gasteiger partial charge in [0.05, 0.1) is 10.6 Å². The van der Waals surface area contributed by atoms with Crippen LogP contribution in [-0.4, -0.2) is 43.8 Å². The monoisotopic (exact) mass is 587 g/mol. The number of halogens is 2. The van der Waals surface area contributed by atoms with Gasteiger partial charge >= 0.3 is 0 Å². The average Bonchev–Trinajstić information content (AvgIpc) is 2.93. The van der Waals surface area contributed by atoms with Gasteiger partial charge in [-0.15, -0.1) is 0 Å². The van der Waals surface area contributed by atoms with Crippen molar-refractivity contribution in [1.82, 2.24) is 10.2 Å². The van der Waals surface area contributed by atoms with Gasteiger partial charge in [-0.3, -0.25) is 13.9 Å². The van der Waals surface area contributed by atoms with Crippen molar-refractivity contribution in [3.05, 3.63) is 94.8 Å². The summed E-state index contributed by atoms with van der Waals surface area (Å²) in [7, 11) is -4.18. The summed E-state index contributed by atoms with van der Waals surface area (Å²) in [5.74, 6) is -1.35. The van der Waals surface area contributed by atoms with E-state index in [-0.39, 0.29) is 23.4 Å². The van der Waals surface area contributed by atoms with Gasteiger partial charge in [-0.05, 0) is 80.3 Å². The Morgan fingerprint density at radius 1 is 0.975 bits per heavy atom. The van der Waals surface area contributed by atoms with E-state index >= 15 is 0 Å². The van der Waals surface area contributed by atoms with Crippen LogP contribution >= 0.6 is 11.6 Å². The zero-order valence-corrected chi connectivity index (χ0v) is 24.7. The van der Waals surface area contributed by atoms with Crippen LogP contribution in [0.4, 0.5) is 10.1 Å². The highest BCUT2D eigenvalue weighted by Crippen LogP contribution is 2.29. The zero-order chi connectivity index (χ0) is 29.4. The topological polar surface area (TPSA) is 86.8 Å². The number of hydrogen-bond acceptors (Lipinski definition) is 4. The molecule has 0 aromatic heterocycles. The Morgan fingerprint density at radius 3 is 2.20 bits per heavy atom. The minimum atomic E-state index is -4.18. The third-order valence-corrected chi connectivity index (χ3v) is 8.70. The number of carbonyl (C=O) groups excluding carboxylic acids is 2. The highest BCUT2D eigenvalue weighted by atomic mass is 35.5. The number of nitrogens with one attached hydrogen (secondary N) is 1. The van der Waals surface area contributed by atoms with E-state index in [0.29, 0.717) is 34.7 Å². The SMILES string of the molecule is CC[C@@H](C)NC(=O)[C@@H](CC)N(Cc1ccc(F)cc1)C(=O)CN(c1ccc(Cl)cc1C)S(=O)(=O)c1ccccc1. The van der Waals surface area contributed by atoms with Gasteiger partial charge in [0.25, 0.3) is 10.0 Å². The van der Waals surface area contributed by atoms with Crippen LogP contribution in [0.15, 0.2) is 77.7 Å². The van der Waals surface area contributed by atoms with Gasteiger partial charge in [-0.1, -0.05) is 55.8 Å². The molecule has 40 heavy (non-hydrogen) atoms. The van der Waals surface area contributed by atoms with Gasteiger partial charge in [0.1, 0.15) is 18.4 Å². The normalized spacial score (nSPS) is 12.8. The van der Waals surface area contributed by atoms with Gasteiger partial charge in [0, 0.05) is 17.6 Å². The fraction of sp³-hybridized carbons (Fsp3) is 0.333. The summed E-state index contributed by atoms with van der Waals surface area (Å²) in [5.41, 5.74) is 1.46.